The first-order valence-electron chi connectivity index (χ1n) is 12.1. The van der Waals surface area contributed by atoms with Crippen molar-refractivity contribution < 1.29 is 14.3 Å². The molecule has 1 unspecified atom stereocenters. The third-order valence-electron chi connectivity index (χ3n) is 6.56. The quantitative estimate of drug-likeness (QED) is 0.522. The summed E-state index contributed by atoms with van der Waals surface area (Å²) in [5, 5.41) is 6.22. The van der Waals surface area contributed by atoms with Crippen LogP contribution in [0.3, 0.4) is 0 Å². The van der Waals surface area contributed by atoms with Gasteiger partial charge in [0, 0.05) is 37.1 Å². The molecule has 0 aromatic heterocycles. The molecule has 1 aromatic rings. The van der Waals surface area contributed by atoms with E-state index in [1.165, 1.54) is 43.9 Å². The van der Waals surface area contributed by atoms with E-state index in [0.717, 1.165) is 37.7 Å². The van der Waals surface area contributed by atoms with E-state index in [4.69, 9.17) is 4.74 Å². The Kier molecular flexibility index (Phi) is 10.3. The van der Waals surface area contributed by atoms with Crippen LogP contribution in [0, 0.1) is 11.8 Å². The summed E-state index contributed by atoms with van der Waals surface area (Å²) in [6, 6.07) is 7.86. The molecular weight excluding hydrogens is 422 g/mol. The monoisotopic (exact) mass is 461 g/mol. The highest BCUT2D eigenvalue weighted by Crippen LogP contribution is 2.24. The summed E-state index contributed by atoms with van der Waals surface area (Å²) in [5.74, 6) is 1.36. The van der Waals surface area contributed by atoms with Crippen LogP contribution in [0.15, 0.2) is 29.2 Å². The van der Waals surface area contributed by atoms with Gasteiger partial charge in [0.05, 0.1) is 24.5 Å². The van der Waals surface area contributed by atoms with Crippen molar-refractivity contribution in [3.63, 3.8) is 0 Å². The molecule has 6 nitrogen and oxygen atoms in total. The largest absolute Gasteiger partial charge is 0.379 e. The summed E-state index contributed by atoms with van der Waals surface area (Å²) < 4.78 is 5.47. The van der Waals surface area contributed by atoms with Crippen LogP contribution < -0.4 is 10.6 Å². The second-order valence-corrected chi connectivity index (χ2v) is 10.3. The fraction of sp³-hybridized carbons (Fsp3) is 0.680. The predicted molar refractivity (Wildman–Crippen MR) is 130 cm³/mol. The van der Waals surface area contributed by atoms with Gasteiger partial charge in [-0.05, 0) is 36.8 Å². The van der Waals surface area contributed by atoms with Gasteiger partial charge in [0.25, 0.3) is 5.91 Å². The average Bonchev–Trinajstić information content (AvgIpc) is 2.82. The fourth-order valence-electron chi connectivity index (χ4n) is 4.61. The summed E-state index contributed by atoms with van der Waals surface area (Å²) in [6.07, 6.45) is 6.32. The Hall–Kier alpha value is -1.57. The van der Waals surface area contributed by atoms with Crippen molar-refractivity contribution in [1.29, 1.82) is 0 Å². The number of benzene rings is 1. The minimum atomic E-state index is -0.0744. The van der Waals surface area contributed by atoms with Crippen LogP contribution >= 0.6 is 11.8 Å². The van der Waals surface area contributed by atoms with Gasteiger partial charge in [-0.3, -0.25) is 14.5 Å². The maximum absolute atomic E-state index is 13.0. The summed E-state index contributed by atoms with van der Waals surface area (Å²) >= 11 is 1.44. The number of carbonyl (C=O) groups is 2. The minimum absolute atomic E-state index is 0.0444. The second kappa shape index (κ2) is 13.2. The number of nitrogens with zero attached hydrogens (tertiary/aromatic N) is 1. The number of rotatable bonds is 10. The van der Waals surface area contributed by atoms with Crippen molar-refractivity contribution in [3.8, 4) is 0 Å². The number of hydrogen-bond donors (Lipinski definition) is 2. The molecule has 0 spiro atoms. The summed E-state index contributed by atoms with van der Waals surface area (Å²) in [6.45, 7) is 9.09. The second-order valence-electron chi connectivity index (χ2n) is 9.26. The van der Waals surface area contributed by atoms with Crippen LogP contribution in [-0.4, -0.2) is 67.9 Å². The van der Waals surface area contributed by atoms with Gasteiger partial charge in [0.2, 0.25) is 5.91 Å². The summed E-state index contributed by atoms with van der Waals surface area (Å²) in [5.41, 5.74) is 0.641. The van der Waals surface area contributed by atoms with Crippen molar-refractivity contribution >= 4 is 23.6 Å². The number of thioether (sulfide) groups is 1. The lowest BCUT2D eigenvalue weighted by molar-refractivity contribution is -0.118. The number of nitrogens with one attached hydrogen (secondary N) is 2. The van der Waals surface area contributed by atoms with Crippen molar-refractivity contribution in [2.75, 3.05) is 45.1 Å². The molecule has 2 amide bonds. The first kappa shape index (κ1) is 25.1. The first-order chi connectivity index (χ1) is 15.5. The van der Waals surface area contributed by atoms with E-state index in [9.17, 15) is 9.59 Å². The van der Waals surface area contributed by atoms with E-state index < -0.39 is 0 Å². The Balaban J connectivity index is 1.49. The summed E-state index contributed by atoms with van der Waals surface area (Å²) in [4.78, 5) is 28.6. The fourth-order valence-corrected chi connectivity index (χ4v) is 5.49. The smallest absolute Gasteiger partial charge is 0.252 e. The number of carbonyl (C=O) groups excluding carboxylic acids is 2. The molecule has 7 heteroatoms. The Morgan fingerprint density at radius 3 is 2.53 bits per heavy atom. The van der Waals surface area contributed by atoms with Crippen LogP contribution in [0.25, 0.3) is 0 Å². The van der Waals surface area contributed by atoms with Gasteiger partial charge < -0.3 is 15.4 Å². The molecule has 1 heterocycles. The zero-order chi connectivity index (χ0) is 22.8. The van der Waals surface area contributed by atoms with Gasteiger partial charge >= 0.3 is 0 Å². The molecule has 2 N–H and O–H groups in total. The van der Waals surface area contributed by atoms with E-state index in [1.54, 1.807) is 0 Å². The molecule has 3 rings (SSSR count). The lowest BCUT2D eigenvalue weighted by Crippen LogP contribution is -2.51. The van der Waals surface area contributed by atoms with Crippen LogP contribution in [0.2, 0.25) is 0 Å². The van der Waals surface area contributed by atoms with Gasteiger partial charge in [-0.1, -0.05) is 45.2 Å². The van der Waals surface area contributed by atoms with Gasteiger partial charge in [0.1, 0.15) is 0 Å². The van der Waals surface area contributed by atoms with E-state index in [2.05, 4.69) is 29.4 Å². The topological polar surface area (TPSA) is 70.7 Å². The van der Waals surface area contributed by atoms with Gasteiger partial charge in [-0.2, -0.15) is 0 Å². The Morgan fingerprint density at radius 1 is 1.09 bits per heavy atom. The maximum Gasteiger partial charge on any atom is 0.252 e. The maximum atomic E-state index is 13.0. The third kappa shape index (κ3) is 7.78. The normalized spacial score (nSPS) is 19.0. The van der Waals surface area contributed by atoms with Crippen LogP contribution in [0.4, 0.5) is 0 Å². The molecule has 1 saturated heterocycles. The Morgan fingerprint density at radius 2 is 1.81 bits per heavy atom. The molecule has 1 aliphatic carbocycles. The standard InChI is InChI=1S/C25H39N3O3S/c1-19(2)22(28-12-14-31-15-13-28)17-27-25(30)21-10-6-7-11-23(21)32-18-24(29)26-16-20-8-4-3-5-9-20/h6-7,10-11,19-20,22H,3-5,8-9,12-18H2,1-2H3,(H,26,29)(H,27,30). The number of hydrogen-bond acceptors (Lipinski definition) is 5. The van der Waals surface area contributed by atoms with E-state index >= 15 is 0 Å². The Bertz CT molecular complexity index is 731. The number of amides is 2. The van der Waals surface area contributed by atoms with E-state index in [-0.39, 0.29) is 17.9 Å². The van der Waals surface area contributed by atoms with E-state index in [1.807, 2.05) is 24.3 Å². The van der Waals surface area contributed by atoms with Crippen molar-refractivity contribution in [3.05, 3.63) is 29.8 Å². The lowest BCUT2D eigenvalue weighted by atomic mass is 9.89. The van der Waals surface area contributed by atoms with Crippen LogP contribution in [0.1, 0.15) is 56.3 Å². The summed E-state index contributed by atoms with van der Waals surface area (Å²) in [7, 11) is 0. The molecule has 1 atom stereocenters. The highest BCUT2D eigenvalue weighted by Gasteiger charge is 2.25. The highest BCUT2D eigenvalue weighted by molar-refractivity contribution is 8.00. The van der Waals surface area contributed by atoms with Gasteiger partial charge in [-0.15, -0.1) is 11.8 Å². The Labute approximate surface area is 197 Å². The molecule has 1 aliphatic heterocycles. The van der Waals surface area contributed by atoms with Crippen LogP contribution in [-0.2, 0) is 9.53 Å². The average molecular weight is 462 g/mol. The minimum Gasteiger partial charge on any atom is -0.379 e. The molecule has 1 aromatic carbocycles. The molecule has 2 fully saturated rings. The molecule has 1 saturated carbocycles. The van der Waals surface area contributed by atoms with Crippen molar-refractivity contribution in [1.82, 2.24) is 15.5 Å². The third-order valence-corrected chi connectivity index (χ3v) is 7.63. The highest BCUT2D eigenvalue weighted by atomic mass is 32.2. The zero-order valence-corrected chi connectivity index (χ0v) is 20.4. The van der Waals surface area contributed by atoms with E-state index in [0.29, 0.717) is 29.7 Å². The van der Waals surface area contributed by atoms with Gasteiger partial charge in [0.15, 0.2) is 0 Å². The lowest BCUT2D eigenvalue weighted by Gasteiger charge is -2.37. The molecule has 2 aliphatic rings. The molecule has 0 radical (unpaired) electrons. The molecular formula is C25H39N3O3S. The van der Waals surface area contributed by atoms with Crippen molar-refractivity contribution in [2.24, 2.45) is 11.8 Å². The van der Waals surface area contributed by atoms with Crippen molar-refractivity contribution in [2.45, 2.75) is 56.9 Å². The molecule has 0 bridgehead atoms. The number of ether oxygens (including phenoxy) is 1. The van der Waals surface area contributed by atoms with Crippen LogP contribution in [0.5, 0.6) is 0 Å². The SMILES string of the molecule is CC(C)C(CNC(=O)c1ccccc1SCC(=O)NCC1CCCCC1)N1CCOCC1. The number of morpholine rings is 1. The predicted octanol–water partition coefficient (Wildman–Crippen LogP) is 3.56. The van der Waals surface area contributed by atoms with Gasteiger partial charge in [-0.25, -0.2) is 0 Å². The first-order valence-corrected chi connectivity index (χ1v) is 13.1. The molecule has 32 heavy (non-hydrogen) atoms. The zero-order valence-electron chi connectivity index (χ0n) is 19.6. The molecule has 178 valence electrons.